The van der Waals surface area contributed by atoms with Gasteiger partial charge in [0.15, 0.2) is 0 Å². The van der Waals surface area contributed by atoms with Crippen molar-refractivity contribution in [1.82, 2.24) is 20.1 Å². The molecule has 0 fully saturated rings. The van der Waals surface area contributed by atoms with Gasteiger partial charge >= 0.3 is 0 Å². The number of nitrogens with one attached hydrogen (secondary N) is 1. The van der Waals surface area contributed by atoms with E-state index in [1.165, 1.54) is 5.56 Å². The summed E-state index contributed by atoms with van der Waals surface area (Å²) in [5, 5.41) is 7.63. The average Bonchev–Trinajstić information content (AvgIpc) is 2.78. The van der Waals surface area contributed by atoms with Gasteiger partial charge in [-0.25, -0.2) is 0 Å². The number of rotatable bonds is 6. The van der Waals surface area contributed by atoms with Gasteiger partial charge in [-0.3, -0.25) is 9.67 Å². The molecule has 2 aromatic rings. The second kappa shape index (κ2) is 6.31. The second-order valence-electron chi connectivity index (χ2n) is 4.46. The summed E-state index contributed by atoms with van der Waals surface area (Å²) in [5.74, 6) is 0. The number of aromatic nitrogens is 3. The molecule has 0 aromatic carbocycles. The van der Waals surface area contributed by atoms with Crippen molar-refractivity contribution >= 4 is 0 Å². The van der Waals surface area contributed by atoms with Crippen LogP contribution in [-0.4, -0.2) is 21.3 Å². The van der Waals surface area contributed by atoms with Crippen LogP contribution < -0.4 is 5.32 Å². The number of hydrogen-bond acceptors (Lipinski definition) is 3. The summed E-state index contributed by atoms with van der Waals surface area (Å²) in [7, 11) is 0. The second-order valence-corrected chi connectivity index (χ2v) is 4.46. The van der Waals surface area contributed by atoms with Crippen molar-refractivity contribution < 1.29 is 0 Å². The van der Waals surface area contributed by atoms with Crippen LogP contribution >= 0.6 is 0 Å². The highest BCUT2D eigenvalue weighted by molar-refractivity contribution is 5.14. The lowest BCUT2D eigenvalue weighted by molar-refractivity contribution is 0.648. The van der Waals surface area contributed by atoms with Gasteiger partial charge in [0.25, 0.3) is 0 Å². The van der Waals surface area contributed by atoms with Gasteiger partial charge in [-0.1, -0.05) is 13.0 Å². The van der Waals surface area contributed by atoms with E-state index in [9.17, 15) is 0 Å². The van der Waals surface area contributed by atoms with Crippen LogP contribution in [0.5, 0.6) is 0 Å². The van der Waals surface area contributed by atoms with Crippen LogP contribution in [0.3, 0.4) is 0 Å². The molecule has 4 heteroatoms. The van der Waals surface area contributed by atoms with Gasteiger partial charge < -0.3 is 5.32 Å². The summed E-state index contributed by atoms with van der Waals surface area (Å²) in [5.41, 5.74) is 3.43. The van der Waals surface area contributed by atoms with Crippen LogP contribution in [0.4, 0.5) is 0 Å². The fourth-order valence-corrected chi connectivity index (χ4v) is 1.78. The summed E-state index contributed by atoms with van der Waals surface area (Å²) < 4.78 is 1.96. The molecule has 2 heterocycles. The number of aryl methyl sites for hydroxylation is 1. The van der Waals surface area contributed by atoms with Crippen LogP contribution in [-0.2, 0) is 13.1 Å². The summed E-state index contributed by atoms with van der Waals surface area (Å²) in [6.07, 6.45) is 4.92. The van der Waals surface area contributed by atoms with Gasteiger partial charge in [-0.15, -0.1) is 0 Å². The Morgan fingerprint density at radius 3 is 2.78 bits per heavy atom. The molecule has 0 atom stereocenters. The first-order valence-corrected chi connectivity index (χ1v) is 6.42. The summed E-state index contributed by atoms with van der Waals surface area (Å²) in [6.45, 7) is 6.90. The standard InChI is InChI=1S/C14H20N4/c1-3-7-15-9-13-4-5-14(16-10-13)11-18-12(2)6-8-17-18/h4-6,8,10,15H,3,7,9,11H2,1-2H3. The molecule has 0 radical (unpaired) electrons. The van der Waals surface area contributed by atoms with Gasteiger partial charge in [0, 0.05) is 24.6 Å². The zero-order valence-corrected chi connectivity index (χ0v) is 11.1. The van der Waals surface area contributed by atoms with E-state index in [-0.39, 0.29) is 0 Å². The maximum absolute atomic E-state index is 4.47. The van der Waals surface area contributed by atoms with Gasteiger partial charge in [0.1, 0.15) is 0 Å². The van der Waals surface area contributed by atoms with Gasteiger partial charge in [-0.2, -0.15) is 5.10 Å². The number of nitrogens with zero attached hydrogens (tertiary/aromatic N) is 3. The number of hydrogen-bond donors (Lipinski definition) is 1. The molecule has 4 nitrogen and oxygen atoms in total. The maximum atomic E-state index is 4.47. The van der Waals surface area contributed by atoms with Crippen molar-refractivity contribution in [2.24, 2.45) is 0 Å². The molecule has 0 bridgehead atoms. The third-order valence-corrected chi connectivity index (χ3v) is 2.88. The minimum Gasteiger partial charge on any atom is -0.313 e. The first-order chi connectivity index (χ1) is 8.79. The molecule has 0 aliphatic heterocycles. The monoisotopic (exact) mass is 244 g/mol. The first kappa shape index (κ1) is 12.8. The van der Waals surface area contributed by atoms with Gasteiger partial charge in [0.2, 0.25) is 0 Å². The first-order valence-electron chi connectivity index (χ1n) is 6.42. The molecule has 0 saturated heterocycles. The van der Waals surface area contributed by atoms with E-state index in [1.54, 1.807) is 0 Å². The van der Waals surface area contributed by atoms with Crippen molar-refractivity contribution in [2.75, 3.05) is 6.54 Å². The van der Waals surface area contributed by atoms with E-state index in [4.69, 9.17) is 0 Å². The smallest absolute Gasteiger partial charge is 0.0834 e. The molecule has 0 aliphatic rings. The molecule has 0 amide bonds. The molecule has 2 rings (SSSR count). The lowest BCUT2D eigenvalue weighted by Gasteiger charge is -2.06. The highest BCUT2D eigenvalue weighted by atomic mass is 15.3. The maximum Gasteiger partial charge on any atom is 0.0834 e. The average molecular weight is 244 g/mol. The van der Waals surface area contributed by atoms with Crippen molar-refractivity contribution in [3.05, 3.63) is 47.5 Å². The number of pyridine rings is 1. The highest BCUT2D eigenvalue weighted by Crippen LogP contribution is 2.04. The Morgan fingerprint density at radius 2 is 2.17 bits per heavy atom. The molecule has 96 valence electrons. The molecule has 18 heavy (non-hydrogen) atoms. The Kier molecular flexibility index (Phi) is 4.47. The van der Waals surface area contributed by atoms with Crippen molar-refractivity contribution in [1.29, 1.82) is 0 Å². The van der Waals surface area contributed by atoms with Crippen molar-refractivity contribution in [3.63, 3.8) is 0 Å². The predicted octanol–water partition coefficient (Wildman–Crippen LogP) is 2.13. The van der Waals surface area contributed by atoms with Gasteiger partial charge in [-0.05, 0) is 37.6 Å². The topological polar surface area (TPSA) is 42.7 Å². The molecular formula is C14H20N4. The highest BCUT2D eigenvalue weighted by Gasteiger charge is 2.00. The van der Waals surface area contributed by atoms with E-state index in [0.29, 0.717) is 0 Å². The van der Waals surface area contributed by atoms with E-state index < -0.39 is 0 Å². The fourth-order valence-electron chi connectivity index (χ4n) is 1.78. The third-order valence-electron chi connectivity index (χ3n) is 2.88. The van der Waals surface area contributed by atoms with Crippen LogP contribution in [0.15, 0.2) is 30.6 Å². The molecule has 0 aliphatic carbocycles. The van der Waals surface area contributed by atoms with E-state index in [2.05, 4.69) is 41.4 Å². The SMILES string of the molecule is CCCNCc1ccc(Cn2nccc2C)nc1. The minimum absolute atomic E-state index is 0.738. The lowest BCUT2D eigenvalue weighted by Crippen LogP contribution is -2.14. The van der Waals surface area contributed by atoms with E-state index >= 15 is 0 Å². The van der Waals surface area contributed by atoms with Crippen molar-refractivity contribution in [2.45, 2.75) is 33.4 Å². The zero-order valence-electron chi connectivity index (χ0n) is 11.1. The third kappa shape index (κ3) is 3.40. The molecule has 2 aromatic heterocycles. The molecule has 0 unspecified atom stereocenters. The van der Waals surface area contributed by atoms with Gasteiger partial charge in [0.05, 0.1) is 12.2 Å². The summed E-state index contributed by atoms with van der Waals surface area (Å²) in [6, 6.07) is 6.21. The van der Waals surface area contributed by atoms with Crippen LogP contribution in [0, 0.1) is 6.92 Å². The Hall–Kier alpha value is -1.68. The summed E-state index contributed by atoms with van der Waals surface area (Å²) in [4.78, 5) is 4.47. The molecule has 0 saturated carbocycles. The van der Waals surface area contributed by atoms with E-state index in [1.807, 2.05) is 23.1 Å². The van der Waals surface area contributed by atoms with Crippen molar-refractivity contribution in [3.8, 4) is 0 Å². The lowest BCUT2D eigenvalue weighted by atomic mass is 10.2. The molecular weight excluding hydrogens is 224 g/mol. The predicted molar refractivity (Wildman–Crippen MR) is 72.3 cm³/mol. The summed E-state index contributed by atoms with van der Waals surface area (Å²) >= 11 is 0. The van der Waals surface area contributed by atoms with Crippen LogP contribution in [0.2, 0.25) is 0 Å². The Morgan fingerprint density at radius 1 is 1.28 bits per heavy atom. The Balaban J connectivity index is 1.93. The Labute approximate surface area is 108 Å². The largest absolute Gasteiger partial charge is 0.313 e. The Bertz CT molecular complexity index is 473. The zero-order chi connectivity index (χ0) is 12.8. The van der Waals surface area contributed by atoms with Crippen LogP contribution in [0.25, 0.3) is 0 Å². The molecule has 1 N–H and O–H groups in total. The van der Waals surface area contributed by atoms with E-state index in [0.717, 1.165) is 37.4 Å². The van der Waals surface area contributed by atoms with Crippen LogP contribution in [0.1, 0.15) is 30.3 Å². The quantitative estimate of drug-likeness (QED) is 0.792. The normalized spacial score (nSPS) is 10.8. The molecule has 0 spiro atoms. The minimum atomic E-state index is 0.738. The fraction of sp³-hybridized carbons (Fsp3) is 0.429.